The van der Waals surface area contributed by atoms with Crippen molar-refractivity contribution in [3.05, 3.63) is 59.4 Å². The minimum Gasteiger partial charge on any atom is -0.366 e. The lowest BCUT2D eigenvalue weighted by atomic mass is 10.2. The zero-order valence-corrected chi connectivity index (χ0v) is 17.8. The maximum absolute atomic E-state index is 14.0. The molecule has 0 N–H and O–H groups in total. The number of hydrogen-bond donors (Lipinski definition) is 0. The summed E-state index contributed by atoms with van der Waals surface area (Å²) in [5.41, 5.74) is 0.884. The van der Waals surface area contributed by atoms with E-state index in [2.05, 4.69) is 0 Å². The Hall–Kier alpha value is -2.32. The number of sulfonamides is 1. The third-order valence-electron chi connectivity index (χ3n) is 4.93. The molecule has 0 aliphatic carbocycles. The Morgan fingerprint density at radius 2 is 1.66 bits per heavy atom. The molecule has 156 valence electrons. The Kier molecular flexibility index (Phi) is 6.33. The number of carbonyl (C=O) groups excluding carboxylic acids is 1. The van der Waals surface area contributed by atoms with Crippen molar-refractivity contribution in [2.24, 2.45) is 0 Å². The van der Waals surface area contributed by atoms with Gasteiger partial charge < -0.3 is 9.80 Å². The Labute approximate surface area is 175 Å². The van der Waals surface area contributed by atoms with E-state index in [-0.39, 0.29) is 11.7 Å². The Morgan fingerprint density at radius 3 is 2.21 bits per heavy atom. The maximum atomic E-state index is 14.0. The number of benzene rings is 2. The minimum atomic E-state index is -3.69. The summed E-state index contributed by atoms with van der Waals surface area (Å²) < 4.78 is 39.9. The van der Waals surface area contributed by atoms with Crippen molar-refractivity contribution in [1.29, 1.82) is 0 Å². The van der Waals surface area contributed by atoms with Gasteiger partial charge in [-0.25, -0.2) is 12.8 Å². The van der Waals surface area contributed by atoms with Crippen LogP contribution < -0.4 is 9.21 Å². The predicted molar refractivity (Wildman–Crippen MR) is 113 cm³/mol. The summed E-state index contributed by atoms with van der Waals surface area (Å²) in [4.78, 5) is 16.5. The van der Waals surface area contributed by atoms with Crippen LogP contribution in [0.1, 0.15) is 6.92 Å². The monoisotopic (exact) mass is 439 g/mol. The topological polar surface area (TPSA) is 60.9 Å². The van der Waals surface area contributed by atoms with Crippen molar-refractivity contribution in [1.82, 2.24) is 4.90 Å². The van der Waals surface area contributed by atoms with Gasteiger partial charge >= 0.3 is 0 Å². The molecule has 9 heteroatoms. The predicted octanol–water partition coefficient (Wildman–Crippen LogP) is 2.98. The average molecular weight is 440 g/mol. The number of piperazine rings is 1. The van der Waals surface area contributed by atoms with Crippen molar-refractivity contribution in [2.75, 3.05) is 41.6 Å². The molecule has 0 spiro atoms. The minimum absolute atomic E-state index is 0.293. The van der Waals surface area contributed by atoms with Gasteiger partial charge in [-0.15, -0.1) is 0 Å². The second-order valence-electron chi connectivity index (χ2n) is 6.97. The standard InChI is InChI=1S/C20H23ClFN3O3S/c1-15(25(29(2,27)28)17-9-7-16(21)8-10-17)20(26)24-13-11-23(12-14-24)19-6-4-3-5-18(19)22/h3-10,15H,11-14H2,1-2H3/t15-/m0/s1. The third kappa shape index (κ3) is 4.82. The normalized spacial score (nSPS) is 15.9. The van der Waals surface area contributed by atoms with Crippen LogP contribution in [-0.4, -0.2) is 57.7 Å². The molecule has 1 amide bonds. The Bertz CT molecular complexity index is 977. The first-order valence-electron chi connectivity index (χ1n) is 9.21. The zero-order chi connectivity index (χ0) is 21.2. The van der Waals surface area contributed by atoms with Crippen LogP contribution in [0.5, 0.6) is 0 Å². The molecule has 2 aromatic carbocycles. The zero-order valence-electron chi connectivity index (χ0n) is 16.3. The summed E-state index contributed by atoms with van der Waals surface area (Å²) in [6.07, 6.45) is 1.07. The van der Waals surface area contributed by atoms with E-state index in [9.17, 15) is 17.6 Å². The van der Waals surface area contributed by atoms with Gasteiger partial charge in [-0.05, 0) is 43.3 Å². The van der Waals surface area contributed by atoms with Crippen LogP contribution in [0.4, 0.5) is 15.8 Å². The van der Waals surface area contributed by atoms with Crippen molar-refractivity contribution in [3.63, 3.8) is 0 Å². The molecule has 2 aromatic rings. The van der Waals surface area contributed by atoms with Crippen LogP contribution >= 0.6 is 11.6 Å². The van der Waals surface area contributed by atoms with E-state index < -0.39 is 16.1 Å². The number of para-hydroxylation sites is 1. The average Bonchev–Trinajstić information content (AvgIpc) is 2.68. The van der Waals surface area contributed by atoms with Crippen LogP contribution in [0.3, 0.4) is 0 Å². The van der Waals surface area contributed by atoms with E-state index in [0.717, 1.165) is 10.6 Å². The van der Waals surface area contributed by atoms with Gasteiger partial charge in [0, 0.05) is 31.2 Å². The Balaban J connectivity index is 1.73. The van der Waals surface area contributed by atoms with Gasteiger partial charge in [0.05, 0.1) is 17.6 Å². The molecule has 0 saturated carbocycles. The van der Waals surface area contributed by atoms with Gasteiger partial charge in [0.1, 0.15) is 11.9 Å². The van der Waals surface area contributed by atoms with Gasteiger partial charge in [-0.2, -0.15) is 0 Å². The van der Waals surface area contributed by atoms with Crippen LogP contribution in [0.15, 0.2) is 48.5 Å². The first-order valence-corrected chi connectivity index (χ1v) is 11.4. The molecule has 3 rings (SSSR count). The van der Waals surface area contributed by atoms with Gasteiger partial charge in [-0.3, -0.25) is 9.10 Å². The molecular formula is C20H23ClFN3O3S. The quantitative estimate of drug-likeness (QED) is 0.718. The van der Waals surface area contributed by atoms with Crippen molar-refractivity contribution >= 4 is 38.9 Å². The SMILES string of the molecule is C[C@@H](C(=O)N1CCN(c2ccccc2F)CC1)N(c1ccc(Cl)cc1)S(C)(=O)=O. The first-order chi connectivity index (χ1) is 13.7. The fraction of sp³-hybridized carbons (Fsp3) is 0.350. The molecule has 1 heterocycles. The summed E-state index contributed by atoms with van der Waals surface area (Å²) in [6, 6.07) is 11.9. The highest BCUT2D eigenvalue weighted by Gasteiger charge is 2.33. The molecule has 0 unspecified atom stereocenters. The van der Waals surface area contributed by atoms with Crippen LogP contribution in [0.25, 0.3) is 0 Å². The van der Waals surface area contributed by atoms with E-state index in [0.29, 0.717) is 42.6 Å². The largest absolute Gasteiger partial charge is 0.366 e. The fourth-order valence-corrected chi connectivity index (χ4v) is 4.83. The van der Waals surface area contributed by atoms with E-state index in [1.54, 1.807) is 54.3 Å². The Morgan fingerprint density at radius 1 is 1.07 bits per heavy atom. The summed E-state index contributed by atoms with van der Waals surface area (Å²) in [5, 5.41) is 0.477. The number of anilines is 2. The second kappa shape index (κ2) is 8.59. The van der Waals surface area contributed by atoms with Gasteiger partial charge in [0.15, 0.2) is 0 Å². The highest BCUT2D eigenvalue weighted by molar-refractivity contribution is 7.92. The van der Waals surface area contributed by atoms with Crippen molar-refractivity contribution in [2.45, 2.75) is 13.0 Å². The molecule has 1 aliphatic rings. The molecule has 0 radical (unpaired) electrons. The number of rotatable bonds is 5. The highest BCUT2D eigenvalue weighted by Crippen LogP contribution is 2.25. The lowest BCUT2D eigenvalue weighted by Crippen LogP contribution is -2.55. The van der Waals surface area contributed by atoms with Gasteiger partial charge in [-0.1, -0.05) is 23.7 Å². The third-order valence-corrected chi connectivity index (χ3v) is 6.43. The molecule has 0 bridgehead atoms. The summed E-state index contributed by atoms with van der Waals surface area (Å²) in [7, 11) is -3.69. The molecule has 1 fully saturated rings. The van der Waals surface area contributed by atoms with E-state index in [1.165, 1.54) is 6.07 Å². The summed E-state index contributed by atoms with van der Waals surface area (Å²) >= 11 is 5.90. The molecule has 1 atom stereocenters. The fourth-order valence-electron chi connectivity index (χ4n) is 3.53. The van der Waals surface area contributed by atoms with Gasteiger partial charge in [0.2, 0.25) is 15.9 Å². The lowest BCUT2D eigenvalue weighted by Gasteiger charge is -2.39. The molecular weight excluding hydrogens is 417 g/mol. The van der Waals surface area contributed by atoms with Crippen molar-refractivity contribution < 1.29 is 17.6 Å². The molecule has 0 aromatic heterocycles. The second-order valence-corrected chi connectivity index (χ2v) is 9.27. The number of hydrogen-bond acceptors (Lipinski definition) is 4. The van der Waals surface area contributed by atoms with Crippen molar-refractivity contribution in [3.8, 4) is 0 Å². The maximum Gasteiger partial charge on any atom is 0.246 e. The van der Waals surface area contributed by atoms with E-state index in [4.69, 9.17) is 11.6 Å². The lowest BCUT2D eigenvalue weighted by molar-refractivity contribution is -0.132. The van der Waals surface area contributed by atoms with Crippen LogP contribution in [0.2, 0.25) is 5.02 Å². The molecule has 1 aliphatic heterocycles. The smallest absolute Gasteiger partial charge is 0.246 e. The van der Waals surface area contributed by atoms with Gasteiger partial charge in [0.25, 0.3) is 0 Å². The highest BCUT2D eigenvalue weighted by atomic mass is 35.5. The number of amides is 1. The molecule has 6 nitrogen and oxygen atoms in total. The first kappa shape index (κ1) is 21.4. The molecule has 29 heavy (non-hydrogen) atoms. The van der Waals surface area contributed by atoms with E-state index in [1.807, 2.05) is 4.90 Å². The van der Waals surface area contributed by atoms with Crippen LogP contribution in [-0.2, 0) is 14.8 Å². The number of nitrogens with zero attached hydrogens (tertiary/aromatic N) is 3. The summed E-state index contributed by atoms with van der Waals surface area (Å²) in [6.45, 7) is 3.28. The van der Waals surface area contributed by atoms with Crippen LogP contribution in [0, 0.1) is 5.82 Å². The van der Waals surface area contributed by atoms with E-state index >= 15 is 0 Å². The molecule has 1 saturated heterocycles. The summed E-state index contributed by atoms with van der Waals surface area (Å²) in [5.74, 6) is -0.592. The number of carbonyl (C=O) groups is 1. The number of halogens is 2.